The molecule has 19 heavy (non-hydrogen) atoms. The molecule has 0 spiro atoms. The molecule has 1 aromatic carbocycles. The van der Waals surface area contributed by atoms with Crippen LogP contribution in [0.15, 0.2) is 18.2 Å². The van der Waals surface area contributed by atoms with Crippen LogP contribution in [0.1, 0.15) is 34.1 Å². The number of nitrogen functional groups attached to an aromatic ring is 1. The maximum Gasteiger partial charge on any atom is 0.123 e. The van der Waals surface area contributed by atoms with Crippen molar-refractivity contribution in [2.24, 2.45) is 5.92 Å². The Morgan fingerprint density at radius 2 is 1.89 bits per heavy atom. The van der Waals surface area contributed by atoms with Gasteiger partial charge in [-0.05, 0) is 32.3 Å². The monoisotopic (exact) mass is 266 g/mol. The summed E-state index contributed by atoms with van der Waals surface area (Å²) in [6, 6.07) is 5.88. The highest BCUT2D eigenvalue weighted by atomic mass is 16.5. The third kappa shape index (κ3) is 5.39. The van der Waals surface area contributed by atoms with Gasteiger partial charge in [0.2, 0.25) is 0 Å². The van der Waals surface area contributed by atoms with E-state index in [0.717, 1.165) is 11.4 Å². The number of benzene rings is 1. The lowest BCUT2D eigenvalue weighted by molar-refractivity contribution is 0.242. The van der Waals surface area contributed by atoms with Crippen molar-refractivity contribution in [2.75, 3.05) is 17.7 Å². The van der Waals surface area contributed by atoms with Gasteiger partial charge in [-0.15, -0.1) is 0 Å². The van der Waals surface area contributed by atoms with Crippen molar-refractivity contribution in [1.82, 2.24) is 0 Å². The van der Waals surface area contributed by atoms with E-state index in [0.29, 0.717) is 18.0 Å². The molecule has 0 fully saturated rings. The van der Waals surface area contributed by atoms with Crippen molar-refractivity contribution >= 4 is 11.4 Å². The van der Waals surface area contributed by atoms with Crippen LogP contribution in [0, 0.1) is 5.92 Å². The molecular formula is C15H26N2O2. The quantitative estimate of drug-likeness (QED) is 0.664. The molecule has 0 aliphatic rings. The van der Waals surface area contributed by atoms with E-state index in [4.69, 9.17) is 15.6 Å². The second-order valence-corrected chi connectivity index (χ2v) is 5.46. The van der Waals surface area contributed by atoms with Gasteiger partial charge in [0.15, 0.2) is 0 Å². The fourth-order valence-electron chi connectivity index (χ4n) is 1.97. The summed E-state index contributed by atoms with van der Waals surface area (Å²) in [5.74, 6) is 1.20. The lowest BCUT2D eigenvalue weighted by atomic mass is 10.0. The highest BCUT2D eigenvalue weighted by Crippen LogP contribution is 2.25. The van der Waals surface area contributed by atoms with Crippen molar-refractivity contribution in [2.45, 2.75) is 46.3 Å². The number of hydrogen-bond acceptors (Lipinski definition) is 4. The zero-order valence-electron chi connectivity index (χ0n) is 12.3. The van der Waals surface area contributed by atoms with Crippen LogP contribution in [0.2, 0.25) is 0 Å². The smallest absolute Gasteiger partial charge is 0.123 e. The van der Waals surface area contributed by atoms with Gasteiger partial charge in [-0.1, -0.05) is 13.8 Å². The Hall–Kier alpha value is -1.42. The van der Waals surface area contributed by atoms with E-state index in [-0.39, 0.29) is 18.8 Å². The molecule has 1 atom stereocenters. The molecule has 0 aliphatic carbocycles. The van der Waals surface area contributed by atoms with E-state index in [1.165, 1.54) is 0 Å². The Balaban J connectivity index is 2.84. The van der Waals surface area contributed by atoms with Crippen LogP contribution < -0.4 is 15.8 Å². The number of hydrogen-bond donors (Lipinski definition) is 3. The predicted molar refractivity (Wildman–Crippen MR) is 80.6 cm³/mol. The molecule has 0 radical (unpaired) electrons. The second-order valence-electron chi connectivity index (χ2n) is 5.46. The first-order chi connectivity index (χ1) is 8.92. The van der Waals surface area contributed by atoms with Crippen LogP contribution in [-0.4, -0.2) is 23.9 Å². The summed E-state index contributed by atoms with van der Waals surface area (Å²) in [7, 11) is 0. The van der Waals surface area contributed by atoms with Crippen LogP contribution in [0.5, 0.6) is 5.75 Å². The Morgan fingerprint density at radius 1 is 1.21 bits per heavy atom. The largest absolute Gasteiger partial charge is 0.491 e. The van der Waals surface area contributed by atoms with Crippen molar-refractivity contribution in [1.29, 1.82) is 0 Å². The van der Waals surface area contributed by atoms with Crippen molar-refractivity contribution in [3.8, 4) is 5.75 Å². The Labute approximate surface area is 116 Å². The molecule has 0 heterocycles. The molecular weight excluding hydrogens is 240 g/mol. The van der Waals surface area contributed by atoms with E-state index < -0.39 is 0 Å². The lowest BCUT2D eigenvalue weighted by Gasteiger charge is -2.23. The molecule has 4 N–H and O–H groups in total. The third-order valence-electron chi connectivity index (χ3n) is 2.90. The van der Waals surface area contributed by atoms with Crippen LogP contribution in [-0.2, 0) is 0 Å². The number of anilines is 2. The average molecular weight is 266 g/mol. The molecule has 1 aromatic rings. The van der Waals surface area contributed by atoms with Crippen LogP contribution in [0.3, 0.4) is 0 Å². The lowest BCUT2D eigenvalue weighted by Crippen LogP contribution is -2.26. The summed E-state index contributed by atoms with van der Waals surface area (Å²) < 4.78 is 5.67. The van der Waals surface area contributed by atoms with Gasteiger partial charge in [0, 0.05) is 36.2 Å². The number of aliphatic hydroxyl groups excluding tert-OH is 1. The average Bonchev–Trinajstić information content (AvgIpc) is 2.26. The van der Waals surface area contributed by atoms with E-state index in [1.54, 1.807) is 0 Å². The van der Waals surface area contributed by atoms with E-state index in [2.05, 4.69) is 19.2 Å². The molecule has 108 valence electrons. The van der Waals surface area contributed by atoms with E-state index in [9.17, 15) is 0 Å². The highest BCUT2D eigenvalue weighted by molar-refractivity contribution is 5.59. The van der Waals surface area contributed by atoms with Gasteiger partial charge in [-0.3, -0.25) is 0 Å². The summed E-state index contributed by atoms with van der Waals surface area (Å²) in [4.78, 5) is 0. The summed E-state index contributed by atoms with van der Waals surface area (Å²) in [6.45, 7) is 8.40. The van der Waals surface area contributed by atoms with Gasteiger partial charge in [0.25, 0.3) is 0 Å². The highest BCUT2D eigenvalue weighted by Gasteiger charge is 2.13. The first kappa shape index (κ1) is 15.6. The first-order valence-corrected chi connectivity index (χ1v) is 6.87. The number of nitrogens with one attached hydrogen (secondary N) is 1. The van der Waals surface area contributed by atoms with Crippen molar-refractivity contribution < 1.29 is 9.84 Å². The Morgan fingerprint density at radius 3 is 2.42 bits per heavy atom. The van der Waals surface area contributed by atoms with E-state index >= 15 is 0 Å². The Kier molecular flexibility index (Phi) is 5.96. The summed E-state index contributed by atoms with van der Waals surface area (Å²) in [6.07, 6.45) is 0.834. The van der Waals surface area contributed by atoms with Crippen LogP contribution in [0.25, 0.3) is 0 Å². The molecule has 0 aliphatic heterocycles. The van der Waals surface area contributed by atoms with Gasteiger partial charge in [-0.2, -0.15) is 0 Å². The van der Waals surface area contributed by atoms with Crippen LogP contribution in [0.4, 0.5) is 11.4 Å². The first-order valence-electron chi connectivity index (χ1n) is 6.87. The number of aliphatic hydroxyl groups is 1. The summed E-state index contributed by atoms with van der Waals surface area (Å²) >= 11 is 0. The fraction of sp³-hybridized carbons (Fsp3) is 0.600. The molecule has 1 unspecified atom stereocenters. The number of rotatable bonds is 7. The second kappa shape index (κ2) is 7.24. The van der Waals surface area contributed by atoms with Gasteiger partial charge in [0.05, 0.1) is 6.10 Å². The molecule has 4 heteroatoms. The van der Waals surface area contributed by atoms with Gasteiger partial charge >= 0.3 is 0 Å². The van der Waals surface area contributed by atoms with Gasteiger partial charge in [0.1, 0.15) is 5.75 Å². The molecule has 0 bridgehead atoms. The minimum absolute atomic E-state index is 0.119. The van der Waals surface area contributed by atoms with Crippen molar-refractivity contribution in [3.05, 3.63) is 18.2 Å². The molecule has 0 saturated heterocycles. The standard InChI is InChI=1S/C15H26N2O2/c1-10(2)15(5-6-18)17-13-7-12(16)8-14(9-13)19-11(3)4/h7-11,15,17-18H,5-6,16H2,1-4H3. The third-order valence-corrected chi connectivity index (χ3v) is 2.90. The maximum atomic E-state index is 9.10. The SMILES string of the molecule is CC(C)Oc1cc(N)cc(NC(CCO)C(C)C)c1. The van der Waals surface area contributed by atoms with Gasteiger partial charge < -0.3 is 20.9 Å². The molecule has 1 rings (SSSR count). The van der Waals surface area contributed by atoms with E-state index in [1.807, 2.05) is 32.0 Å². The molecule has 0 aromatic heterocycles. The zero-order chi connectivity index (χ0) is 14.4. The maximum absolute atomic E-state index is 9.10. The fourth-order valence-corrected chi connectivity index (χ4v) is 1.97. The predicted octanol–water partition coefficient (Wildman–Crippen LogP) is 2.87. The summed E-state index contributed by atoms with van der Waals surface area (Å²) in [5, 5.41) is 12.5. The minimum atomic E-state index is 0.119. The van der Waals surface area contributed by atoms with Gasteiger partial charge in [-0.25, -0.2) is 0 Å². The summed E-state index contributed by atoms with van der Waals surface area (Å²) in [5.41, 5.74) is 7.50. The number of ether oxygens (including phenoxy) is 1. The Bertz CT molecular complexity index is 392. The minimum Gasteiger partial charge on any atom is -0.491 e. The van der Waals surface area contributed by atoms with Crippen molar-refractivity contribution in [3.63, 3.8) is 0 Å². The molecule has 0 saturated carbocycles. The topological polar surface area (TPSA) is 67.5 Å². The number of nitrogens with two attached hydrogens (primary N) is 1. The zero-order valence-corrected chi connectivity index (χ0v) is 12.3. The normalized spacial score (nSPS) is 12.8. The molecule has 0 amide bonds. The van der Waals surface area contributed by atoms with Crippen LogP contribution >= 0.6 is 0 Å². The molecule has 4 nitrogen and oxygen atoms in total.